The van der Waals surface area contributed by atoms with Crippen molar-refractivity contribution in [1.82, 2.24) is 0 Å². The van der Waals surface area contributed by atoms with Gasteiger partial charge in [-0.2, -0.15) is 0 Å². The number of thiophene rings is 1. The predicted molar refractivity (Wildman–Crippen MR) is 113 cm³/mol. The number of hydrogen-bond acceptors (Lipinski definition) is 4. The maximum atomic E-state index is 13.6. The van der Waals surface area contributed by atoms with E-state index < -0.39 is 11.8 Å². The van der Waals surface area contributed by atoms with Crippen LogP contribution in [0.2, 0.25) is 0 Å². The molecule has 0 aliphatic heterocycles. The number of nitro groups is 1. The minimum atomic E-state index is -0.501. The molecule has 3 aromatic rings. The number of carbonyl (C=O) groups excluding carboxylic acids is 1. The van der Waals surface area contributed by atoms with Gasteiger partial charge in [0.2, 0.25) is 6.54 Å². The molecule has 4 nitrogen and oxygen atoms in total. The highest BCUT2D eigenvalue weighted by Crippen LogP contribution is 2.41. The second-order valence-corrected chi connectivity index (χ2v) is 7.80. The third-order valence-electron chi connectivity index (χ3n) is 5.15. The molecule has 0 aliphatic carbocycles. The van der Waals surface area contributed by atoms with Gasteiger partial charge in [0.15, 0.2) is 5.78 Å². The van der Waals surface area contributed by atoms with Gasteiger partial charge >= 0.3 is 0 Å². The molecule has 0 N–H and O–H groups in total. The Bertz CT molecular complexity index is 894. The van der Waals surface area contributed by atoms with Crippen molar-refractivity contribution in [3.63, 3.8) is 0 Å². The molecule has 0 bridgehead atoms. The highest BCUT2D eigenvalue weighted by Gasteiger charge is 2.39. The standard InChI is InChI=1S/C23H23NO3S/c1-2-19(17-10-5-3-6-11-17)22(23(25)18-12-7-4-8-13-18)20(16-24(26)27)21-14-9-15-28-21/h3-15,19-20,22H,2,16H2,1H3/t19-,20+,22+/m0/s1. The summed E-state index contributed by atoms with van der Waals surface area (Å²) in [5.41, 5.74) is 1.65. The molecule has 2 aromatic carbocycles. The summed E-state index contributed by atoms with van der Waals surface area (Å²) in [5, 5.41) is 13.4. The third kappa shape index (κ3) is 4.54. The molecule has 0 saturated heterocycles. The lowest BCUT2D eigenvalue weighted by molar-refractivity contribution is -0.484. The van der Waals surface area contributed by atoms with Gasteiger partial charge in [-0.05, 0) is 29.3 Å². The molecule has 5 heteroatoms. The van der Waals surface area contributed by atoms with Crippen LogP contribution in [0.5, 0.6) is 0 Å². The van der Waals surface area contributed by atoms with Crippen LogP contribution in [0.3, 0.4) is 0 Å². The summed E-state index contributed by atoms with van der Waals surface area (Å²) < 4.78 is 0. The van der Waals surface area contributed by atoms with E-state index in [0.29, 0.717) is 5.56 Å². The Morgan fingerprint density at radius 2 is 1.61 bits per heavy atom. The monoisotopic (exact) mass is 393 g/mol. The average molecular weight is 394 g/mol. The van der Waals surface area contributed by atoms with Crippen LogP contribution in [-0.4, -0.2) is 17.3 Å². The molecule has 1 aromatic heterocycles. The van der Waals surface area contributed by atoms with Crippen molar-refractivity contribution in [2.45, 2.75) is 25.2 Å². The summed E-state index contributed by atoms with van der Waals surface area (Å²) in [4.78, 5) is 25.7. The van der Waals surface area contributed by atoms with Crippen LogP contribution in [-0.2, 0) is 0 Å². The highest BCUT2D eigenvalue weighted by atomic mass is 32.1. The number of rotatable bonds is 9. The molecule has 28 heavy (non-hydrogen) atoms. The largest absolute Gasteiger partial charge is 0.294 e. The average Bonchev–Trinajstić information content (AvgIpc) is 3.26. The first-order valence-electron chi connectivity index (χ1n) is 9.41. The van der Waals surface area contributed by atoms with Crippen molar-refractivity contribution in [1.29, 1.82) is 0 Å². The Morgan fingerprint density at radius 1 is 0.964 bits per heavy atom. The van der Waals surface area contributed by atoms with Crippen LogP contribution in [0.4, 0.5) is 0 Å². The quantitative estimate of drug-likeness (QED) is 0.262. The van der Waals surface area contributed by atoms with Crippen LogP contribution in [0, 0.1) is 16.0 Å². The molecule has 0 spiro atoms. The van der Waals surface area contributed by atoms with E-state index in [2.05, 4.69) is 0 Å². The summed E-state index contributed by atoms with van der Waals surface area (Å²) in [6.45, 7) is 1.79. The van der Waals surface area contributed by atoms with Gasteiger partial charge in [0, 0.05) is 21.3 Å². The number of carbonyl (C=O) groups is 1. The molecule has 0 aliphatic rings. The van der Waals surface area contributed by atoms with Crippen LogP contribution in [0.15, 0.2) is 78.2 Å². The zero-order valence-electron chi connectivity index (χ0n) is 15.7. The first-order chi connectivity index (χ1) is 13.6. The Morgan fingerprint density at radius 3 is 2.14 bits per heavy atom. The highest BCUT2D eigenvalue weighted by molar-refractivity contribution is 7.10. The van der Waals surface area contributed by atoms with E-state index in [1.165, 1.54) is 11.3 Å². The van der Waals surface area contributed by atoms with E-state index in [4.69, 9.17) is 0 Å². The molecular formula is C23H23NO3S. The Labute approximate surface area is 169 Å². The fourth-order valence-corrected chi connectivity index (χ4v) is 4.75. The maximum absolute atomic E-state index is 13.6. The first kappa shape index (κ1) is 20.0. The lowest BCUT2D eigenvalue weighted by Crippen LogP contribution is -2.32. The molecule has 1 heterocycles. The lowest BCUT2D eigenvalue weighted by Gasteiger charge is -2.30. The van der Waals surface area contributed by atoms with Gasteiger partial charge in [-0.25, -0.2) is 0 Å². The van der Waals surface area contributed by atoms with Crippen molar-refractivity contribution < 1.29 is 9.72 Å². The second-order valence-electron chi connectivity index (χ2n) is 6.82. The summed E-state index contributed by atoms with van der Waals surface area (Å²) in [6.07, 6.45) is 0.729. The fourth-order valence-electron chi connectivity index (χ4n) is 3.88. The number of Topliss-reactive ketones (excluding diaryl/α,β-unsaturated/α-hetero) is 1. The molecule has 3 atom stereocenters. The Kier molecular flexibility index (Phi) is 6.71. The van der Waals surface area contributed by atoms with Crippen molar-refractivity contribution in [2.75, 3.05) is 6.54 Å². The van der Waals surface area contributed by atoms with Gasteiger partial charge < -0.3 is 0 Å². The van der Waals surface area contributed by atoms with E-state index in [-0.39, 0.29) is 23.2 Å². The maximum Gasteiger partial charge on any atom is 0.212 e. The molecule has 0 amide bonds. The SMILES string of the molecule is CC[C@@H](c1ccccc1)[C@@H](C(=O)c1ccccc1)[C@H](C[N+](=O)[O-])c1cccs1. The van der Waals surface area contributed by atoms with Crippen LogP contribution < -0.4 is 0 Å². The van der Waals surface area contributed by atoms with Gasteiger partial charge in [-0.3, -0.25) is 14.9 Å². The summed E-state index contributed by atoms with van der Waals surface area (Å²) in [7, 11) is 0. The van der Waals surface area contributed by atoms with E-state index in [1.807, 2.05) is 73.0 Å². The van der Waals surface area contributed by atoms with Crippen molar-refractivity contribution >= 4 is 17.1 Å². The van der Waals surface area contributed by atoms with E-state index in [9.17, 15) is 14.9 Å². The van der Waals surface area contributed by atoms with E-state index in [0.717, 1.165) is 16.9 Å². The summed E-state index contributed by atoms with van der Waals surface area (Å²) >= 11 is 1.48. The summed E-state index contributed by atoms with van der Waals surface area (Å²) in [6, 6.07) is 22.8. The second kappa shape index (κ2) is 9.42. The van der Waals surface area contributed by atoms with Gasteiger partial charge in [-0.1, -0.05) is 73.7 Å². The zero-order valence-corrected chi connectivity index (χ0v) is 16.5. The molecule has 0 unspecified atom stereocenters. The van der Waals surface area contributed by atoms with Crippen LogP contribution >= 0.6 is 11.3 Å². The van der Waals surface area contributed by atoms with Gasteiger partial charge in [0.1, 0.15) is 0 Å². The van der Waals surface area contributed by atoms with E-state index >= 15 is 0 Å². The van der Waals surface area contributed by atoms with Crippen LogP contribution in [0.1, 0.15) is 46.0 Å². The lowest BCUT2D eigenvalue weighted by atomic mass is 9.72. The minimum Gasteiger partial charge on any atom is -0.294 e. The third-order valence-corrected chi connectivity index (χ3v) is 6.15. The van der Waals surface area contributed by atoms with Crippen molar-refractivity contribution in [3.8, 4) is 0 Å². The number of nitrogens with zero attached hydrogens (tertiary/aromatic N) is 1. The summed E-state index contributed by atoms with van der Waals surface area (Å²) in [5.74, 6) is -1.09. The topological polar surface area (TPSA) is 60.2 Å². The van der Waals surface area contributed by atoms with E-state index in [1.54, 1.807) is 12.1 Å². The number of benzene rings is 2. The molecule has 144 valence electrons. The predicted octanol–water partition coefficient (Wildman–Crippen LogP) is 5.80. The minimum absolute atomic E-state index is 0.0310. The first-order valence-corrected chi connectivity index (χ1v) is 10.3. The normalized spacial score (nSPS) is 14.2. The van der Waals surface area contributed by atoms with Crippen LogP contribution in [0.25, 0.3) is 0 Å². The molecule has 3 rings (SSSR count). The number of ketones is 1. The molecule has 0 fully saturated rings. The van der Waals surface area contributed by atoms with Crippen molar-refractivity contribution in [2.24, 2.45) is 5.92 Å². The Hall–Kier alpha value is -2.79. The van der Waals surface area contributed by atoms with Gasteiger partial charge in [-0.15, -0.1) is 11.3 Å². The van der Waals surface area contributed by atoms with Gasteiger partial charge in [0.25, 0.3) is 0 Å². The van der Waals surface area contributed by atoms with Crippen molar-refractivity contribution in [3.05, 3.63) is 104 Å². The number of hydrogen-bond donors (Lipinski definition) is 0. The van der Waals surface area contributed by atoms with Gasteiger partial charge in [0.05, 0.1) is 5.92 Å². The fraction of sp³-hybridized carbons (Fsp3) is 0.261. The smallest absolute Gasteiger partial charge is 0.212 e. The molecular weight excluding hydrogens is 370 g/mol. The Balaban J connectivity index is 2.11. The molecule has 0 radical (unpaired) electrons. The molecule has 0 saturated carbocycles. The zero-order chi connectivity index (χ0) is 19.9.